The van der Waals surface area contributed by atoms with Crippen LogP contribution < -0.4 is 27.1 Å². The summed E-state index contributed by atoms with van der Waals surface area (Å²) >= 11 is 0. The van der Waals surface area contributed by atoms with Gasteiger partial charge < -0.3 is 36.7 Å². The predicted octanol–water partition coefficient (Wildman–Crippen LogP) is 3.20. The summed E-state index contributed by atoms with van der Waals surface area (Å²) in [5.41, 5.74) is 8.71. The molecule has 4 amide bonds. The lowest BCUT2D eigenvalue weighted by Gasteiger charge is -2.22. The normalized spacial score (nSPS) is 12.6. The number of primary amides is 1. The first-order valence-electron chi connectivity index (χ1n) is 17.5. The quantitative estimate of drug-likeness (QED) is 0.0517. The molecule has 2 atom stereocenters. The number of aromatic nitrogens is 1. The zero-order valence-electron chi connectivity index (χ0n) is 28.8. The smallest absolute Gasteiger partial charge is 0.423 e. The molecule has 0 aliphatic carbocycles. The number of aromatic amines is 1. The topological polar surface area (TPSA) is 187 Å². The highest BCUT2D eigenvalue weighted by molar-refractivity contribution is 6.58. The van der Waals surface area contributed by atoms with Crippen molar-refractivity contribution < 1.29 is 29.2 Å². The number of benzene rings is 6. The molecule has 6 aromatic carbocycles. The number of nitrogens with two attached hydrogens (primary N) is 1. The molecule has 0 fully saturated rings. The summed E-state index contributed by atoms with van der Waals surface area (Å²) < 4.78 is 0. The molecule has 0 bridgehead atoms. The summed E-state index contributed by atoms with van der Waals surface area (Å²) in [5.74, 6) is -2.09. The molecule has 0 aliphatic heterocycles. The van der Waals surface area contributed by atoms with Gasteiger partial charge in [-0.1, -0.05) is 84.9 Å². The fourth-order valence-electron chi connectivity index (χ4n) is 7.05. The molecule has 53 heavy (non-hydrogen) atoms. The lowest BCUT2D eigenvalue weighted by molar-refractivity contribution is -0.128. The first-order chi connectivity index (χ1) is 25.7. The fourth-order valence-corrected chi connectivity index (χ4v) is 7.05. The van der Waals surface area contributed by atoms with Gasteiger partial charge in [0.05, 0.1) is 6.42 Å². The Bertz CT molecular complexity index is 2450. The summed E-state index contributed by atoms with van der Waals surface area (Å²) in [7, 11) is -1.70. The first kappa shape index (κ1) is 35.2. The number of hydrogen-bond donors (Lipinski definition) is 7. The van der Waals surface area contributed by atoms with Gasteiger partial charge in [-0.05, 0) is 79.9 Å². The Hall–Kier alpha value is -6.24. The minimum atomic E-state index is -1.70. The van der Waals surface area contributed by atoms with E-state index in [2.05, 4.69) is 57.3 Å². The molecule has 1 heterocycles. The molecule has 0 saturated heterocycles. The monoisotopic (exact) mass is 707 g/mol. The summed E-state index contributed by atoms with van der Waals surface area (Å²) in [4.78, 5) is 55.9. The van der Waals surface area contributed by atoms with Gasteiger partial charge in [0.25, 0.3) is 5.91 Å². The third kappa shape index (κ3) is 7.55. The van der Waals surface area contributed by atoms with E-state index in [4.69, 9.17) is 5.73 Å². The molecule has 7 rings (SSSR count). The molecule has 0 aliphatic rings. The van der Waals surface area contributed by atoms with Crippen molar-refractivity contribution in [1.82, 2.24) is 20.9 Å². The summed E-state index contributed by atoms with van der Waals surface area (Å²) in [6.07, 6.45) is 2.55. The number of rotatable bonds is 14. The van der Waals surface area contributed by atoms with Gasteiger partial charge >= 0.3 is 7.12 Å². The van der Waals surface area contributed by atoms with Crippen LogP contribution in [0, 0.1) is 0 Å². The van der Waals surface area contributed by atoms with Crippen LogP contribution in [0.2, 0.25) is 0 Å². The molecule has 11 nitrogen and oxygen atoms in total. The third-order valence-electron chi connectivity index (χ3n) is 9.81. The van der Waals surface area contributed by atoms with Crippen molar-refractivity contribution in [2.45, 2.75) is 37.8 Å². The standard InChI is InChI=1S/C41H38BN5O6/c43-39(49)35(21-29-23-45-33-8-2-1-7-31(29)33)47-41(51)34(46-40(50)27-14-17-30(18-15-27)42(52)53)9-4-20-44-36(48)22-28-13-12-26-11-10-24-5-3-6-25-16-19-32(28)38(26)37(24)25/h1-3,5-8,10-19,23,34-35,45,52-53H,4,9,20-22H2,(H2,43,49)(H,44,48)(H,46,50)(H,47,51)/t34?,35-/m0/s1. The molecule has 8 N–H and O–H groups in total. The molecule has 12 heteroatoms. The van der Waals surface area contributed by atoms with Crippen molar-refractivity contribution in [2.24, 2.45) is 5.73 Å². The minimum Gasteiger partial charge on any atom is -0.423 e. The van der Waals surface area contributed by atoms with Crippen molar-refractivity contribution in [3.63, 3.8) is 0 Å². The molecule has 1 aromatic heterocycles. The van der Waals surface area contributed by atoms with E-state index in [1.165, 1.54) is 29.7 Å². The Morgan fingerprint density at radius 2 is 1.42 bits per heavy atom. The van der Waals surface area contributed by atoms with Crippen LogP contribution in [-0.4, -0.2) is 64.4 Å². The van der Waals surface area contributed by atoms with Crippen molar-refractivity contribution in [3.8, 4) is 0 Å². The third-order valence-corrected chi connectivity index (χ3v) is 9.81. The maximum Gasteiger partial charge on any atom is 0.488 e. The van der Waals surface area contributed by atoms with Gasteiger partial charge in [-0.15, -0.1) is 0 Å². The number of nitrogens with one attached hydrogen (secondary N) is 4. The van der Waals surface area contributed by atoms with Crippen LogP contribution in [0.1, 0.15) is 34.3 Å². The van der Waals surface area contributed by atoms with Crippen molar-refractivity contribution >= 4 is 79.4 Å². The van der Waals surface area contributed by atoms with E-state index >= 15 is 0 Å². The second-order valence-electron chi connectivity index (χ2n) is 13.3. The Morgan fingerprint density at radius 1 is 0.717 bits per heavy atom. The van der Waals surface area contributed by atoms with Crippen LogP contribution >= 0.6 is 0 Å². The Labute approximate surface area is 305 Å². The molecule has 0 saturated carbocycles. The average molecular weight is 708 g/mol. The molecule has 7 aromatic rings. The van der Waals surface area contributed by atoms with E-state index in [1.807, 2.05) is 42.5 Å². The van der Waals surface area contributed by atoms with E-state index < -0.39 is 36.9 Å². The number of fused-ring (bicyclic) bond motifs is 1. The molecular formula is C41H38BN5O6. The summed E-state index contributed by atoms with van der Waals surface area (Å²) in [6, 6.07) is 29.7. The number of para-hydroxylation sites is 1. The minimum absolute atomic E-state index is 0.135. The van der Waals surface area contributed by atoms with Crippen LogP contribution in [-0.2, 0) is 27.2 Å². The van der Waals surface area contributed by atoms with Crippen molar-refractivity contribution in [3.05, 3.63) is 126 Å². The lowest BCUT2D eigenvalue weighted by Crippen LogP contribution is -2.53. The Kier molecular flexibility index (Phi) is 10.1. The van der Waals surface area contributed by atoms with Crippen LogP contribution in [0.25, 0.3) is 43.2 Å². The van der Waals surface area contributed by atoms with Gasteiger partial charge in [-0.3, -0.25) is 19.2 Å². The average Bonchev–Trinajstić information content (AvgIpc) is 3.57. The van der Waals surface area contributed by atoms with E-state index in [1.54, 1.807) is 6.20 Å². The summed E-state index contributed by atoms with van der Waals surface area (Å²) in [6.45, 7) is 0.238. The van der Waals surface area contributed by atoms with E-state index in [9.17, 15) is 29.2 Å². The van der Waals surface area contributed by atoms with Crippen LogP contribution in [0.3, 0.4) is 0 Å². The van der Waals surface area contributed by atoms with E-state index in [-0.39, 0.29) is 42.7 Å². The number of carbonyl (C=O) groups excluding carboxylic acids is 4. The molecule has 0 spiro atoms. The lowest BCUT2D eigenvalue weighted by atomic mass is 9.80. The summed E-state index contributed by atoms with van der Waals surface area (Å²) in [5, 5.41) is 34.9. The second-order valence-corrected chi connectivity index (χ2v) is 13.3. The van der Waals surface area contributed by atoms with Gasteiger partial charge in [0, 0.05) is 35.6 Å². The molecular weight excluding hydrogens is 669 g/mol. The predicted molar refractivity (Wildman–Crippen MR) is 207 cm³/mol. The zero-order valence-corrected chi connectivity index (χ0v) is 28.8. The number of amides is 4. The van der Waals surface area contributed by atoms with E-state index in [0.717, 1.165) is 49.0 Å². The van der Waals surface area contributed by atoms with Crippen molar-refractivity contribution in [1.29, 1.82) is 0 Å². The Morgan fingerprint density at radius 3 is 2.15 bits per heavy atom. The SMILES string of the molecule is NC(=O)[C@H](Cc1c[nH]c2ccccc12)NC(=O)C(CCCNC(=O)Cc1ccc2ccc3cccc4ccc1c2c34)NC(=O)c1ccc(B(O)O)cc1. The fraction of sp³-hybridized carbons (Fsp3) is 0.171. The molecule has 0 radical (unpaired) electrons. The van der Waals surface area contributed by atoms with Crippen LogP contribution in [0.5, 0.6) is 0 Å². The van der Waals surface area contributed by atoms with Crippen LogP contribution in [0.15, 0.2) is 109 Å². The first-order valence-corrected chi connectivity index (χ1v) is 17.5. The van der Waals surface area contributed by atoms with Gasteiger partial charge in [0.1, 0.15) is 12.1 Å². The van der Waals surface area contributed by atoms with Gasteiger partial charge in [0.2, 0.25) is 17.7 Å². The zero-order chi connectivity index (χ0) is 37.1. The van der Waals surface area contributed by atoms with Gasteiger partial charge in [0.15, 0.2) is 0 Å². The number of H-pyrrole nitrogens is 1. The van der Waals surface area contributed by atoms with E-state index in [0.29, 0.717) is 6.42 Å². The largest absolute Gasteiger partial charge is 0.488 e. The molecule has 266 valence electrons. The highest BCUT2D eigenvalue weighted by Crippen LogP contribution is 2.36. The second kappa shape index (κ2) is 15.2. The Balaban J connectivity index is 1.03. The van der Waals surface area contributed by atoms with Gasteiger partial charge in [-0.2, -0.15) is 0 Å². The highest BCUT2D eigenvalue weighted by Gasteiger charge is 2.27. The van der Waals surface area contributed by atoms with Gasteiger partial charge in [-0.25, -0.2) is 0 Å². The van der Waals surface area contributed by atoms with Crippen LogP contribution in [0.4, 0.5) is 0 Å². The van der Waals surface area contributed by atoms with Crippen molar-refractivity contribution in [2.75, 3.05) is 6.54 Å². The maximum atomic E-state index is 13.7. The molecule has 1 unspecified atom stereocenters. The number of hydrogen-bond acceptors (Lipinski definition) is 6. The number of carbonyl (C=O) groups is 4. The highest BCUT2D eigenvalue weighted by atomic mass is 16.4. The maximum absolute atomic E-state index is 13.7.